The minimum absolute atomic E-state index is 0.520. The molecule has 76 valence electrons. The Morgan fingerprint density at radius 2 is 1.93 bits per heavy atom. The fourth-order valence-electron chi connectivity index (χ4n) is 0.825. The summed E-state index contributed by atoms with van der Waals surface area (Å²) in [6, 6.07) is 3.38. The summed E-state index contributed by atoms with van der Waals surface area (Å²) < 4.78 is 5.87. The number of hydrogen-bond donors (Lipinski definition) is 2. The fourth-order valence-corrected chi connectivity index (χ4v) is 2.01. The lowest BCUT2D eigenvalue weighted by molar-refractivity contribution is 0.187. The molecule has 0 fully saturated rings. The summed E-state index contributed by atoms with van der Waals surface area (Å²) in [4.78, 5) is 10.9. The molecular formula is C8H8Br2N2O2. The maximum absolute atomic E-state index is 10.9. The van der Waals surface area contributed by atoms with Crippen molar-refractivity contribution in [3.8, 4) is 0 Å². The van der Waals surface area contributed by atoms with Crippen LogP contribution in [0.25, 0.3) is 0 Å². The van der Waals surface area contributed by atoms with E-state index in [4.69, 9.17) is 5.73 Å². The van der Waals surface area contributed by atoms with E-state index in [1.165, 1.54) is 7.11 Å². The summed E-state index contributed by atoms with van der Waals surface area (Å²) in [6.45, 7) is 0. The minimum Gasteiger partial charge on any atom is -0.453 e. The van der Waals surface area contributed by atoms with Crippen LogP contribution in [0.15, 0.2) is 21.1 Å². The molecule has 0 bridgehead atoms. The molecule has 3 N–H and O–H groups in total. The predicted molar refractivity (Wildman–Crippen MR) is 62.3 cm³/mol. The van der Waals surface area contributed by atoms with Gasteiger partial charge in [-0.05, 0) is 44.0 Å². The molecule has 1 aromatic rings. The number of nitrogens with two attached hydrogens (primary N) is 1. The molecule has 0 aliphatic rings. The van der Waals surface area contributed by atoms with Crippen molar-refractivity contribution in [2.45, 2.75) is 0 Å². The van der Waals surface area contributed by atoms with E-state index >= 15 is 0 Å². The third-order valence-corrected chi connectivity index (χ3v) is 2.82. The molecule has 1 rings (SSSR count). The van der Waals surface area contributed by atoms with Gasteiger partial charge in [0.1, 0.15) is 0 Å². The molecule has 0 heterocycles. The van der Waals surface area contributed by atoms with Crippen LogP contribution in [0.4, 0.5) is 16.2 Å². The Labute approximate surface area is 98.1 Å². The molecule has 6 heteroatoms. The predicted octanol–water partition coefficient (Wildman–Crippen LogP) is 2.97. The first kappa shape index (κ1) is 11.3. The van der Waals surface area contributed by atoms with Gasteiger partial charge in [0.15, 0.2) is 0 Å². The normalized spacial score (nSPS) is 9.64. The molecular weight excluding hydrogens is 316 g/mol. The van der Waals surface area contributed by atoms with Crippen molar-refractivity contribution in [2.75, 3.05) is 18.2 Å². The first-order valence-corrected chi connectivity index (χ1v) is 5.22. The minimum atomic E-state index is -0.520. The van der Waals surface area contributed by atoms with Crippen LogP contribution in [0.1, 0.15) is 0 Å². The van der Waals surface area contributed by atoms with Crippen molar-refractivity contribution in [1.82, 2.24) is 0 Å². The largest absolute Gasteiger partial charge is 0.453 e. The van der Waals surface area contributed by atoms with Gasteiger partial charge in [0.05, 0.1) is 12.8 Å². The van der Waals surface area contributed by atoms with E-state index in [0.29, 0.717) is 20.3 Å². The van der Waals surface area contributed by atoms with Gasteiger partial charge in [0.2, 0.25) is 0 Å². The van der Waals surface area contributed by atoms with Gasteiger partial charge < -0.3 is 10.5 Å². The van der Waals surface area contributed by atoms with Crippen LogP contribution in [0.3, 0.4) is 0 Å². The van der Waals surface area contributed by atoms with Gasteiger partial charge in [-0.2, -0.15) is 0 Å². The van der Waals surface area contributed by atoms with E-state index in [2.05, 4.69) is 41.9 Å². The van der Waals surface area contributed by atoms with E-state index in [9.17, 15) is 4.79 Å². The standard InChI is InChI=1S/C8H8Br2N2O2/c1-14-8(13)12-4-2-5(9)7(11)6(10)3-4/h2-3H,11H2,1H3,(H,12,13). The van der Waals surface area contributed by atoms with E-state index in [1.807, 2.05) is 0 Å². The third-order valence-electron chi connectivity index (χ3n) is 1.51. The summed E-state index contributed by atoms with van der Waals surface area (Å²) in [7, 11) is 1.30. The molecule has 4 nitrogen and oxygen atoms in total. The number of amides is 1. The van der Waals surface area contributed by atoms with Crippen LogP contribution >= 0.6 is 31.9 Å². The summed E-state index contributed by atoms with van der Waals surface area (Å²) in [5.74, 6) is 0. The molecule has 0 atom stereocenters. The number of anilines is 2. The molecule has 0 saturated heterocycles. The Balaban J connectivity index is 2.95. The highest BCUT2D eigenvalue weighted by molar-refractivity contribution is 9.11. The molecule has 0 spiro atoms. The Morgan fingerprint density at radius 3 is 2.36 bits per heavy atom. The van der Waals surface area contributed by atoms with E-state index in [0.717, 1.165) is 0 Å². The number of nitrogens with one attached hydrogen (secondary N) is 1. The van der Waals surface area contributed by atoms with E-state index in [1.54, 1.807) is 12.1 Å². The molecule has 0 aromatic heterocycles. The number of ether oxygens (including phenoxy) is 1. The number of nitrogen functional groups attached to an aromatic ring is 1. The number of hydrogen-bond acceptors (Lipinski definition) is 3. The maximum Gasteiger partial charge on any atom is 0.411 e. The molecule has 0 aliphatic heterocycles. The van der Waals surface area contributed by atoms with Crippen molar-refractivity contribution in [2.24, 2.45) is 0 Å². The van der Waals surface area contributed by atoms with Crippen LogP contribution in [0, 0.1) is 0 Å². The average Bonchev–Trinajstić information content (AvgIpc) is 2.14. The maximum atomic E-state index is 10.9. The zero-order chi connectivity index (χ0) is 10.7. The second-order valence-electron chi connectivity index (χ2n) is 2.47. The Hall–Kier alpha value is -0.750. The smallest absolute Gasteiger partial charge is 0.411 e. The first-order chi connectivity index (χ1) is 6.54. The topological polar surface area (TPSA) is 64.3 Å². The number of benzene rings is 1. The Bertz CT molecular complexity index is 345. The summed E-state index contributed by atoms with van der Waals surface area (Å²) >= 11 is 6.52. The van der Waals surface area contributed by atoms with Gasteiger partial charge in [-0.25, -0.2) is 4.79 Å². The van der Waals surface area contributed by atoms with Crippen LogP contribution in [-0.4, -0.2) is 13.2 Å². The van der Waals surface area contributed by atoms with Gasteiger partial charge in [0.25, 0.3) is 0 Å². The van der Waals surface area contributed by atoms with E-state index < -0.39 is 6.09 Å². The molecule has 0 saturated carbocycles. The van der Waals surface area contributed by atoms with Crippen molar-refractivity contribution >= 4 is 49.3 Å². The lowest BCUT2D eigenvalue weighted by Gasteiger charge is -2.07. The highest BCUT2D eigenvalue weighted by atomic mass is 79.9. The second kappa shape index (κ2) is 4.65. The quantitative estimate of drug-likeness (QED) is 0.781. The molecule has 1 aromatic carbocycles. The lowest BCUT2D eigenvalue weighted by Crippen LogP contribution is -2.11. The highest BCUT2D eigenvalue weighted by Crippen LogP contribution is 2.31. The van der Waals surface area contributed by atoms with Crippen LogP contribution in [-0.2, 0) is 4.74 Å². The number of carbonyl (C=O) groups excluding carboxylic acids is 1. The van der Waals surface area contributed by atoms with Gasteiger partial charge in [-0.3, -0.25) is 5.32 Å². The second-order valence-corrected chi connectivity index (χ2v) is 4.18. The molecule has 0 aliphatic carbocycles. The molecule has 14 heavy (non-hydrogen) atoms. The van der Waals surface area contributed by atoms with Crippen LogP contribution in [0.5, 0.6) is 0 Å². The summed E-state index contributed by atoms with van der Waals surface area (Å²) in [6.07, 6.45) is -0.520. The third kappa shape index (κ3) is 2.62. The number of rotatable bonds is 1. The first-order valence-electron chi connectivity index (χ1n) is 3.64. The Morgan fingerprint density at radius 1 is 1.43 bits per heavy atom. The van der Waals surface area contributed by atoms with E-state index in [-0.39, 0.29) is 0 Å². The van der Waals surface area contributed by atoms with Gasteiger partial charge in [0, 0.05) is 14.6 Å². The number of carbonyl (C=O) groups is 1. The van der Waals surface area contributed by atoms with Crippen LogP contribution in [0.2, 0.25) is 0 Å². The zero-order valence-electron chi connectivity index (χ0n) is 7.30. The SMILES string of the molecule is COC(=O)Nc1cc(Br)c(N)c(Br)c1. The van der Waals surface area contributed by atoms with Crippen molar-refractivity contribution in [3.63, 3.8) is 0 Å². The van der Waals surface area contributed by atoms with Crippen molar-refractivity contribution < 1.29 is 9.53 Å². The molecule has 1 amide bonds. The fraction of sp³-hybridized carbons (Fsp3) is 0.125. The van der Waals surface area contributed by atoms with Crippen LogP contribution < -0.4 is 11.1 Å². The number of halogens is 2. The van der Waals surface area contributed by atoms with Gasteiger partial charge in [-0.15, -0.1) is 0 Å². The summed E-state index contributed by atoms with van der Waals surface area (Å²) in [5.41, 5.74) is 6.86. The average molecular weight is 324 g/mol. The molecule has 0 unspecified atom stereocenters. The molecule has 0 radical (unpaired) electrons. The monoisotopic (exact) mass is 322 g/mol. The highest BCUT2D eigenvalue weighted by Gasteiger charge is 2.06. The van der Waals surface area contributed by atoms with Gasteiger partial charge in [-0.1, -0.05) is 0 Å². The lowest BCUT2D eigenvalue weighted by atomic mass is 10.3. The van der Waals surface area contributed by atoms with Gasteiger partial charge >= 0.3 is 6.09 Å². The Kier molecular flexibility index (Phi) is 3.77. The number of methoxy groups -OCH3 is 1. The zero-order valence-corrected chi connectivity index (χ0v) is 10.5. The summed E-state index contributed by atoms with van der Waals surface area (Å²) in [5, 5.41) is 2.52. The van der Waals surface area contributed by atoms with Crippen molar-refractivity contribution in [1.29, 1.82) is 0 Å². The van der Waals surface area contributed by atoms with Crippen molar-refractivity contribution in [3.05, 3.63) is 21.1 Å².